The molecule has 1 aromatic carbocycles. The Kier molecular flexibility index (Phi) is 4.31. The number of aromatic nitrogens is 2. The number of ether oxygens (including phenoxy) is 1. The number of hydrogen-bond donors (Lipinski definition) is 1. The zero-order chi connectivity index (χ0) is 13.8. The number of anilines is 1. The Balaban J connectivity index is 2.26. The Morgan fingerprint density at radius 2 is 2.21 bits per heavy atom. The maximum Gasteiger partial charge on any atom is 0.226 e. The first-order valence-corrected chi connectivity index (χ1v) is 6.60. The third-order valence-corrected chi connectivity index (χ3v) is 3.01. The topological polar surface area (TPSA) is 47.0 Å². The molecule has 0 aliphatic carbocycles. The van der Waals surface area contributed by atoms with E-state index in [-0.39, 0.29) is 5.82 Å². The van der Waals surface area contributed by atoms with Gasteiger partial charge in [-0.3, -0.25) is 0 Å². The summed E-state index contributed by atoms with van der Waals surface area (Å²) in [6.07, 6.45) is 1.66. The number of rotatable bonds is 4. The second-order valence-electron chi connectivity index (χ2n) is 3.89. The highest BCUT2D eigenvalue weighted by Gasteiger charge is 2.08. The van der Waals surface area contributed by atoms with Crippen LogP contribution in [0.5, 0.6) is 11.6 Å². The molecule has 0 aliphatic heterocycles. The third kappa shape index (κ3) is 3.41. The monoisotopic (exact) mass is 325 g/mol. The van der Waals surface area contributed by atoms with Crippen molar-refractivity contribution < 1.29 is 9.13 Å². The van der Waals surface area contributed by atoms with E-state index in [0.29, 0.717) is 22.1 Å². The fourth-order valence-electron chi connectivity index (χ4n) is 1.42. The van der Waals surface area contributed by atoms with Crippen LogP contribution >= 0.6 is 15.9 Å². The fourth-order valence-corrected chi connectivity index (χ4v) is 1.67. The molecular weight excluding hydrogens is 313 g/mol. The fraction of sp³-hybridized carbons (Fsp3) is 0.231. The van der Waals surface area contributed by atoms with Crippen molar-refractivity contribution in [3.05, 3.63) is 40.2 Å². The molecule has 2 rings (SSSR count). The predicted octanol–water partition coefficient (Wildman–Crippen LogP) is 3.91. The van der Waals surface area contributed by atoms with Crippen LogP contribution in [-0.2, 0) is 0 Å². The summed E-state index contributed by atoms with van der Waals surface area (Å²) in [5, 5.41) is 3.00. The quantitative estimate of drug-likeness (QED) is 0.925. The van der Waals surface area contributed by atoms with Crippen LogP contribution in [0.25, 0.3) is 0 Å². The van der Waals surface area contributed by atoms with Gasteiger partial charge in [-0.15, -0.1) is 0 Å². The van der Waals surface area contributed by atoms with Gasteiger partial charge >= 0.3 is 0 Å². The van der Waals surface area contributed by atoms with E-state index in [0.717, 1.165) is 12.1 Å². The standard InChI is InChI=1S/C13H13BrFN3O/c1-3-16-13-17-7-8(2)12(18-13)19-9-4-5-10(14)11(15)6-9/h4-7H,3H2,1-2H3,(H,16,17,18). The van der Waals surface area contributed by atoms with E-state index in [1.54, 1.807) is 18.3 Å². The van der Waals surface area contributed by atoms with Gasteiger partial charge in [-0.2, -0.15) is 4.98 Å². The van der Waals surface area contributed by atoms with Gasteiger partial charge in [0.05, 0.1) is 4.47 Å². The van der Waals surface area contributed by atoms with Crippen LogP contribution in [0.2, 0.25) is 0 Å². The SMILES string of the molecule is CCNc1ncc(C)c(Oc2ccc(Br)c(F)c2)n1. The molecule has 4 nitrogen and oxygen atoms in total. The minimum Gasteiger partial charge on any atom is -0.438 e. The molecule has 0 atom stereocenters. The zero-order valence-electron chi connectivity index (χ0n) is 10.6. The summed E-state index contributed by atoms with van der Waals surface area (Å²) < 4.78 is 19.4. The summed E-state index contributed by atoms with van der Waals surface area (Å²) in [6, 6.07) is 4.56. The number of hydrogen-bond acceptors (Lipinski definition) is 4. The van der Waals surface area contributed by atoms with E-state index in [1.807, 2.05) is 13.8 Å². The highest BCUT2D eigenvalue weighted by molar-refractivity contribution is 9.10. The number of halogens is 2. The predicted molar refractivity (Wildman–Crippen MR) is 75.1 cm³/mol. The van der Waals surface area contributed by atoms with Gasteiger partial charge < -0.3 is 10.1 Å². The van der Waals surface area contributed by atoms with Gasteiger partial charge in [0.15, 0.2) is 0 Å². The van der Waals surface area contributed by atoms with Gasteiger partial charge in [0.25, 0.3) is 0 Å². The normalized spacial score (nSPS) is 10.3. The third-order valence-electron chi connectivity index (χ3n) is 2.37. The average Bonchev–Trinajstić information content (AvgIpc) is 2.38. The molecule has 0 bridgehead atoms. The maximum atomic E-state index is 13.4. The van der Waals surface area contributed by atoms with Gasteiger partial charge in [0, 0.05) is 24.4 Å². The number of nitrogens with zero attached hydrogens (tertiary/aromatic N) is 2. The molecule has 0 spiro atoms. The molecule has 0 aliphatic rings. The summed E-state index contributed by atoms with van der Waals surface area (Å²) in [5.74, 6) is 0.912. The minimum absolute atomic E-state index is 0.379. The van der Waals surface area contributed by atoms with E-state index in [1.165, 1.54) is 6.07 Å². The largest absolute Gasteiger partial charge is 0.438 e. The van der Waals surface area contributed by atoms with Crippen LogP contribution in [-0.4, -0.2) is 16.5 Å². The number of nitrogens with one attached hydrogen (secondary N) is 1. The molecule has 2 aromatic rings. The van der Waals surface area contributed by atoms with Crippen LogP contribution in [0.3, 0.4) is 0 Å². The van der Waals surface area contributed by atoms with Gasteiger partial charge in [-0.25, -0.2) is 9.37 Å². The Morgan fingerprint density at radius 3 is 2.89 bits per heavy atom. The molecule has 0 radical (unpaired) electrons. The lowest BCUT2D eigenvalue weighted by Gasteiger charge is -2.09. The van der Waals surface area contributed by atoms with Crippen molar-refractivity contribution in [2.75, 3.05) is 11.9 Å². The Labute approximate surface area is 119 Å². The van der Waals surface area contributed by atoms with E-state index < -0.39 is 0 Å². The highest BCUT2D eigenvalue weighted by Crippen LogP contribution is 2.26. The first-order chi connectivity index (χ1) is 9.10. The summed E-state index contributed by atoms with van der Waals surface area (Å²) in [6.45, 7) is 4.50. The Hall–Kier alpha value is -1.69. The maximum absolute atomic E-state index is 13.4. The molecular formula is C13H13BrFN3O. The molecule has 1 N–H and O–H groups in total. The lowest BCUT2D eigenvalue weighted by molar-refractivity contribution is 0.453. The molecule has 0 unspecified atom stereocenters. The molecule has 1 heterocycles. The molecule has 0 saturated heterocycles. The van der Waals surface area contributed by atoms with Gasteiger partial charge in [-0.05, 0) is 41.9 Å². The lowest BCUT2D eigenvalue weighted by Crippen LogP contribution is -2.03. The number of benzene rings is 1. The van der Waals surface area contributed by atoms with Gasteiger partial charge in [-0.1, -0.05) is 0 Å². The van der Waals surface area contributed by atoms with Crippen LogP contribution < -0.4 is 10.1 Å². The summed E-state index contributed by atoms with van der Waals surface area (Å²) in [5.41, 5.74) is 0.782. The Bertz CT molecular complexity index is 592. The van der Waals surface area contributed by atoms with E-state index >= 15 is 0 Å². The van der Waals surface area contributed by atoms with Gasteiger partial charge in [0.1, 0.15) is 11.6 Å². The van der Waals surface area contributed by atoms with Crippen LogP contribution in [0.15, 0.2) is 28.9 Å². The smallest absolute Gasteiger partial charge is 0.226 e. The zero-order valence-corrected chi connectivity index (χ0v) is 12.2. The van der Waals surface area contributed by atoms with Crippen molar-refractivity contribution >= 4 is 21.9 Å². The second kappa shape index (κ2) is 5.97. The first kappa shape index (κ1) is 13.7. The van der Waals surface area contributed by atoms with Crippen LogP contribution in [0.4, 0.5) is 10.3 Å². The van der Waals surface area contributed by atoms with Gasteiger partial charge in [0.2, 0.25) is 11.8 Å². The lowest BCUT2D eigenvalue weighted by atomic mass is 10.3. The summed E-state index contributed by atoms with van der Waals surface area (Å²) >= 11 is 3.10. The van der Waals surface area contributed by atoms with Crippen molar-refractivity contribution in [1.82, 2.24) is 9.97 Å². The summed E-state index contributed by atoms with van der Waals surface area (Å²) in [4.78, 5) is 8.35. The van der Waals surface area contributed by atoms with E-state index in [4.69, 9.17) is 4.74 Å². The number of aryl methyl sites for hydroxylation is 1. The molecule has 0 fully saturated rings. The molecule has 100 valence electrons. The summed E-state index contributed by atoms with van der Waals surface area (Å²) in [7, 11) is 0. The molecule has 19 heavy (non-hydrogen) atoms. The minimum atomic E-state index is -0.379. The molecule has 0 saturated carbocycles. The molecule has 0 amide bonds. The first-order valence-electron chi connectivity index (χ1n) is 5.80. The second-order valence-corrected chi connectivity index (χ2v) is 4.74. The van der Waals surface area contributed by atoms with Crippen molar-refractivity contribution in [3.63, 3.8) is 0 Å². The molecule has 6 heteroatoms. The van der Waals surface area contributed by atoms with Crippen LogP contribution in [0, 0.1) is 12.7 Å². The van der Waals surface area contributed by atoms with E-state index in [2.05, 4.69) is 31.2 Å². The molecule has 1 aromatic heterocycles. The van der Waals surface area contributed by atoms with Crippen molar-refractivity contribution in [3.8, 4) is 11.6 Å². The van der Waals surface area contributed by atoms with Crippen molar-refractivity contribution in [1.29, 1.82) is 0 Å². The highest BCUT2D eigenvalue weighted by atomic mass is 79.9. The van der Waals surface area contributed by atoms with Crippen LogP contribution in [0.1, 0.15) is 12.5 Å². The van der Waals surface area contributed by atoms with E-state index in [9.17, 15) is 4.39 Å². The van der Waals surface area contributed by atoms with Crippen molar-refractivity contribution in [2.45, 2.75) is 13.8 Å². The average molecular weight is 326 g/mol. The van der Waals surface area contributed by atoms with Crippen molar-refractivity contribution in [2.24, 2.45) is 0 Å². The Morgan fingerprint density at radius 1 is 1.42 bits per heavy atom.